The van der Waals surface area contributed by atoms with Gasteiger partial charge in [0.05, 0.1) is 17.9 Å². The number of morpholine rings is 1. The molecule has 0 saturated carbocycles. The van der Waals surface area contributed by atoms with Crippen LogP contribution in [0.2, 0.25) is 0 Å². The third-order valence-corrected chi connectivity index (χ3v) is 5.41. The van der Waals surface area contributed by atoms with E-state index in [9.17, 15) is 9.59 Å². The fraction of sp³-hybridized carbons (Fsp3) is 0.476. The molecule has 3 atom stereocenters. The minimum atomic E-state index is -0.749. The number of amides is 2. The highest BCUT2D eigenvalue weighted by atomic mass is 32.1. The third-order valence-electron chi connectivity index (χ3n) is 4.60. The molecule has 8 nitrogen and oxygen atoms in total. The summed E-state index contributed by atoms with van der Waals surface area (Å²) in [5, 5.41) is 7.73. The van der Waals surface area contributed by atoms with Crippen LogP contribution in [-0.4, -0.2) is 53.2 Å². The van der Waals surface area contributed by atoms with Crippen molar-refractivity contribution in [2.24, 2.45) is 0 Å². The number of hydrogen-bond acceptors (Lipinski definition) is 7. The number of carbonyl (C=O) groups excluding carboxylic acids is 2. The Morgan fingerprint density at radius 3 is 2.67 bits per heavy atom. The molecule has 1 fully saturated rings. The molecular formula is C21H28N4O4S. The molecule has 3 rings (SSSR count). The van der Waals surface area contributed by atoms with Gasteiger partial charge < -0.3 is 20.1 Å². The molecule has 2 amide bonds. The third kappa shape index (κ3) is 6.79. The number of nitrogens with one attached hydrogen (secondary N) is 2. The van der Waals surface area contributed by atoms with Gasteiger partial charge in [0.2, 0.25) is 5.91 Å². The smallest absolute Gasteiger partial charge is 0.408 e. The van der Waals surface area contributed by atoms with Gasteiger partial charge in [-0.3, -0.25) is 9.69 Å². The predicted octanol–water partition coefficient (Wildman–Crippen LogP) is 3.01. The first-order valence-corrected chi connectivity index (χ1v) is 10.9. The Morgan fingerprint density at radius 2 is 1.97 bits per heavy atom. The van der Waals surface area contributed by atoms with Gasteiger partial charge in [-0.15, -0.1) is 11.3 Å². The molecule has 1 aromatic carbocycles. The fourth-order valence-corrected chi connectivity index (χ4v) is 4.00. The van der Waals surface area contributed by atoms with Gasteiger partial charge >= 0.3 is 6.09 Å². The minimum Gasteiger partial charge on any atom is -0.445 e. The van der Waals surface area contributed by atoms with Crippen molar-refractivity contribution in [3.05, 3.63) is 47.0 Å². The summed E-state index contributed by atoms with van der Waals surface area (Å²) in [7, 11) is 0. The van der Waals surface area contributed by atoms with Crippen LogP contribution >= 0.6 is 11.3 Å². The van der Waals surface area contributed by atoms with Gasteiger partial charge in [-0.2, -0.15) is 0 Å². The number of carbonyl (C=O) groups is 2. The first kappa shape index (κ1) is 22.2. The van der Waals surface area contributed by atoms with E-state index in [2.05, 4.69) is 34.4 Å². The molecule has 0 spiro atoms. The monoisotopic (exact) mass is 432 g/mol. The molecule has 0 bridgehead atoms. The zero-order chi connectivity index (χ0) is 21.5. The first-order valence-electron chi connectivity index (χ1n) is 9.99. The molecule has 162 valence electrons. The average molecular weight is 433 g/mol. The SMILES string of the molecule is C[C@@H]1CN(Cc2csc(NC(=O)[C@H](C)NC(=O)OCc3ccccc3)n2)C[C@H](C)O1. The summed E-state index contributed by atoms with van der Waals surface area (Å²) in [6.45, 7) is 8.30. The second-order valence-corrected chi connectivity index (χ2v) is 8.37. The number of ether oxygens (including phenoxy) is 2. The summed E-state index contributed by atoms with van der Waals surface area (Å²) >= 11 is 1.37. The van der Waals surface area contributed by atoms with Crippen molar-refractivity contribution in [2.45, 2.75) is 52.2 Å². The van der Waals surface area contributed by atoms with E-state index >= 15 is 0 Å². The second kappa shape index (κ2) is 10.5. The topological polar surface area (TPSA) is 92.8 Å². The Hall–Kier alpha value is -2.49. The van der Waals surface area contributed by atoms with E-state index in [1.54, 1.807) is 6.92 Å². The van der Waals surface area contributed by atoms with Gasteiger partial charge in [0.25, 0.3) is 0 Å². The Kier molecular flexibility index (Phi) is 7.78. The molecule has 2 aromatic rings. The highest BCUT2D eigenvalue weighted by Gasteiger charge is 2.23. The quantitative estimate of drug-likeness (QED) is 0.699. The number of alkyl carbamates (subject to hydrolysis) is 1. The van der Waals surface area contributed by atoms with Gasteiger partial charge in [0.15, 0.2) is 5.13 Å². The largest absolute Gasteiger partial charge is 0.445 e. The van der Waals surface area contributed by atoms with Gasteiger partial charge in [-0.25, -0.2) is 9.78 Å². The van der Waals surface area contributed by atoms with Gasteiger partial charge in [0.1, 0.15) is 12.6 Å². The number of benzene rings is 1. The summed E-state index contributed by atoms with van der Waals surface area (Å²) in [4.78, 5) is 31.1. The van der Waals surface area contributed by atoms with E-state index < -0.39 is 12.1 Å². The maximum atomic E-state index is 12.4. The number of thiazole rings is 1. The van der Waals surface area contributed by atoms with Crippen LogP contribution in [0.5, 0.6) is 0 Å². The maximum absolute atomic E-state index is 12.4. The second-order valence-electron chi connectivity index (χ2n) is 7.51. The maximum Gasteiger partial charge on any atom is 0.408 e. The Balaban J connectivity index is 1.43. The fourth-order valence-electron chi connectivity index (χ4n) is 3.30. The Bertz CT molecular complexity index is 835. The van der Waals surface area contributed by atoms with Gasteiger partial charge in [-0.05, 0) is 26.3 Å². The molecule has 30 heavy (non-hydrogen) atoms. The number of aromatic nitrogens is 1. The number of anilines is 1. The number of hydrogen-bond donors (Lipinski definition) is 2. The normalized spacial score (nSPS) is 20.4. The predicted molar refractivity (Wildman–Crippen MR) is 115 cm³/mol. The van der Waals surface area contributed by atoms with Crippen LogP contribution in [-0.2, 0) is 27.4 Å². The first-order chi connectivity index (χ1) is 14.4. The summed E-state index contributed by atoms with van der Waals surface area (Å²) in [5.41, 5.74) is 1.78. The lowest BCUT2D eigenvalue weighted by Crippen LogP contribution is -2.44. The molecule has 1 aromatic heterocycles. The van der Waals surface area contributed by atoms with Crippen LogP contribution in [0.4, 0.5) is 9.93 Å². The van der Waals surface area contributed by atoms with E-state index in [4.69, 9.17) is 9.47 Å². The van der Waals surface area contributed by atoms with Crippen LogP contribution in [0.1, 0.15) is 32.0 Å². The van der Waals surface area contributed by atoms with E-state index in [0.717, 1.165) is 24.3 Å². The lowest BCUT2D eigenvalue weighted by molar-refractivity contribution is -0.117. The van der Waals surface area contributed by atoms with E-state index in [1.165, 1.54) is 11.3 Å². The Labute approximate surface area is 180 Å². The summed E-state index contributed by atoms with van der Waals surface area (Å²) in [5.74, 6) is -0.346. The molecule has 2 heterocycles. The summed E-state index contributed by atoms with van der Waals surface area (Å²) in [6, 6.07) is 8.61. The van der Waals surface area contributed by atoms with Gasteiger partial charge in [0, 0.05) is 25.0 Å². The van der Waals surface area contributed by atoms with E-state index in [0.29, 0.717) is 11.7 Å². The molecule has 1 aliphatic heterocycles. The molecular weight excluding hydrogens is 404 g/mol. The molecule has 2 N–H and O–H groups in total. The van der Waals surface area contributed by atoms with Crippen molar-refractivity contribution in [2.75, 3.05) is 18.4 Å². The highest BCUT2D eigenvalue weighted by Crippen LogP contribution is 2.19. The van der Waals surface area contributed by atoms with Crippen molar-refractivity contribution in [1.29, 1.82) is 0 Å². The van der Waals surface area contributed by atoms with Crippen molar-refractivity contribution >= 4 is 28.5 Å². The van der Waals surface area contributed by atoms with Crippen LogP contribution in [0.25, 0.3) is 0 Å². The summed E-state index contributed by atoms with van der Waals surface area (Å²) < 4.78 is 10.9. The zero-order valence-electron chi connectivity index (χ0n) is 17.5. The molecule has 0 aliphatic carbocycles. The Morgan fingerprint density at radius 1 is 1.27 bits per heavy atom. The van der Waals surface area contributed by atoms with Crippen molar-refractivity contribution in [3.8, 4) is 0 Å². The minimum absolute atomic E-state index is 0.148. The summed E-state index contributed by atoms with van der Waals surface area (Å²) in [6.07, 6.45) is -0.253. The van der Waals surface area contributed by atoms with Crippen molar-refractivity contribution in [1.82, 2.24) is 15.2 Å². The molecule has 1 aliphatic rings. The number of rotatable bonds is 7. The van der Waals surface area contributed by atoms with Crippen LogP contribution in [0.15, 0.2) is 35.7 Å². The average Bonchev–Trinajstić information content (AvgIpc) is 3.13. The van der Waals surface area contributed by atoms with Crippen molar-refractivity contribution in [3.63, 3.8) is 0 Å². The molecule has 0 radical (unpaired) electrons. The molecule has 0 unspecified atom stereocenters. The lowest BCUT2D eigenvalue weighted by atomic mass is 10.2. The highest BCUT2D eigenvalue weighted by molar-refractivity contribution is 7.13. The van der Waals surface area contributed by atoms with Crippen LogP contribution < -0.4 is 10.6 Å². The van der Waals surface area contributed by atoms with Crippen molar-refractivity contribution < 1.29 is 19.1 Å². The lowest BCUT2D eigenvalue weighted by Gasteiger charge is -2.34. The zero-order valence-corrected chi connectivity index (χ0v) is 18.3. The molecule has 9 heteroatoms. The van der Waals surface area contributed by atoms with Gasteiger partial charge in [-0.1, -0.05) is 30.3 Å². The van der Waals surface area contributed by atoms with Crippen LogP contribution in [0.3, 0.4) is 0 Å². The number of nitrogens with zero attached hydrogens (tertiary/aromatic N) is 2. The van der Waals surface area contributed by atoms with Crippen LogP contribution in [0, 0.1) is 0 Å². The van der Waals surface area contributed by atoms with E-state index in [-0.39, 0.29) is 24.7 Å². The molecule has 1 saturated heterocycles. The standard InChI is InChI=1S/C21H28N4O4S/c1-14-9-25(10-15(2)29-14)11-18-13-30-20(23-18)24-19(26)16(3)22-21(27)28-12-17-7-5-4-6-8-17/h4-8,13-16H,9-12H2,1-3H3,(H,22,27)(H,23,24,26)/t14-,15+,16-/m0/s1. The van der Waals surface area contributed by atoms with E-state index in [1.807, 2.05) is 35.7 Å².